The number of hydrogen-bond donors (Lipinski definition) is 1. The quantitative estimate of drug-likeness (QED) is 0.845. The topological polar surface area (TPSA) is 52.3 Å². The zero-order chi connectivity index (χ0) is 11.8. The van der Waals surface area contributed by atoms with Crippen molar-refractivity contribution in [3.8, 4) is 5.75 Å². The Morgan fingerprint density at radius 3 is 2.69 bits per heavy atom. The minimum Gasteiger partial charge on any atom is -0.492 e. The highest BCUT2D eigenvalue weighted by molar-refractivity contribution is 6.50. The maximum absolute atomic E-state index is 11.1. The number of hydrogen-bond acceptors (Lipinski definition) is 2. The molecule has 1 aromatic rings. The molecule has 1 fully saturated rings. The SMILES string of the molecule is NC(=O)c1ccccc1OC[C@H]1CC1(Cl)Cl. The van der Waals surface area contributed by atoms with Crippen LogP contribution in [0.3, 0.4) is 0 Å². The van der Waals surface area contributed by atoms with E-state index >= 15 is 0 Å². The van der Waals surface area contributed by atoms with Gasteiger partial charge in [-0.3, -0.25) is 4.79 Å². The molecule has 1 aliphatic carbocycles. The number of rotatable bonds is 4. The van der Waals surface area contributed by atoms with Crippen LogP contribution in [-0.4, -0.2) is 16.8 Å². The Hall–Kier alpha value is -0.930. The van der Waals surface area contributed by atoms with E-state index in [0.717, 1.165) is 6.42 Å². The summed E-state index contributed by atoms with van der Waals surface area (Å²) in [6.45, 7) is 0.400. The predicted molar refractivity (Wildman–Crippen MR) is 63.0 cm³/mol. The van der Waals surface area contributed by atoms with Crippen LogP contribution >= 0.6 is 23.2 Å². The summed E-state index contributed by atoms with van der Waals surface area (Å²) < 4.78 is 4.82. The van der Waals surface area contributed by atoms with Crippen molar-refractivity contribution in [3.05, 3.63) is 29.8 Å². The van der Waals surface area contributed by atoms with Gasteiger partial charge in [0.15, 0.2) is 0 Å². The molecule has 5 heteroatoms. The summed E-state index contributed by atoms with van der Waals surface area (Å²) in [4.78, 5) is 11.1. The van der Waals surface area contributed by atoms with Gasteiger partial charge in [-0.2, -0.15) is 0 Å². The third-order valence-corrected chi connectivity index (χ3v) is 3.47. The van der Waals surface area contributed by atoms with Gasteiger partial charge in [0.1, 0.15) is 10.1 Å². The van der Waals surface area contributed by atoms with Gasteiger partial charge in [-0.05, 0) is 18.6 Å². The highest BCUT2D eigenvalue weighted by Gasteiger charge is 2.52. The number of halogens is 2. The molecule has 1 atom stereocenters. The lowest BCUT2D eigenvalue weighted by atomic mass is 10.2. The summed E-state index contributed by atoms with van der Waals surface area (Å²) in [5.41, 5.74) is 5.59. The van der Waals surface area contributed by atoms with Gasteiger partial charge in [0.25, 0.3) is 5.91 Å². The van der Waals surface area contributed by atoms with E-state index in [2.05, 4.69) is 0 Å². The molecule has 0 aromatic heterocycles. The van der Waals surface area contributed by atoms with Crippen molar-refractivity contribution in [2.75, 3.05) is 6.61 Å². The molecule has 1 aliphatic rings. The van der Waals surface area contributed by atoms with Crippen molar-refractivity contribution in [2.45, 2.75) is 10.8 Å². The lowest BCUT2D eigenvalue weighted by Crippen LogP contribution is -2.14. The highest BCUT2D eigenvalue weighted by atomic mass is 35.5. The molecule has 3 nitrogen and oxygen atoms in total. The van der Waals surface area contributed by atoms with E-state index in [-0.39, 0.29) is 5.92 Å². The first-order valence-corrected chi connectivity index (χ1v) is 5.66. The number of alkyl halides is 2. The van der Waals surface area contributed by atoms with Crippen LogP contribution in [0, 0.1) is 5.92 Å². The van der Waals surface area contributed by atoms with Crippen molar-refractivity contribution >= 4 is 29.1 Å². The second kappa shape index (κ2) is 4.15. The summed E-state index contributed by atoms with van der Waals surface area (Å²) in [5, 5.41) is 0. The number of primary amides is 1. The standard InChI is InChI=1S/C11H11Cl2NO2/c12-11(13)5-7(11)6-16-9-4-2-1-3-8(9)10(14)15/h1-4,7H,5-6H2,(H2,14,15)/t7-/m1/s1. The minimum atomic E-state index is -0.665. The maximum Gasteiger partial charge on any atom is 0.252 e. The van der Waals surface area contributed by atoms with E-state index in [4.69, 9.17) is 33.7 Å². The van der Waals surface area contributed by atoms with Gasteiger partial charge in [-0.25, -0.2) is 0 Å². The summed E-state index contributed by atoms with van der Waals surface area (Å²) in [6.07, 6.45) is 0.717. The van der Waals surface area contributed by atoms with Gasteiger partial charge in [-0.15, -0.1) is 23.2 Å². The molecule has 0 bridgehead atoms. The lowest BCUT2D eigenvalue weighted by Gasteiger charge is -2.09. The van der Waals surface area contributed by atoms with Gasteiger partial charge in [0, 0.05) is 5.92 Å². The zero-order valence-electron chi connectivity index (χ0n) is 8.45. The molecule has 1 amide bonds. The number of para-hydroxylation sites is 1. The van der Waals surface area contributed by atoms with Crippen molar-refractivity contribution in [2.24, 2.45) is 11.7 Å². The molecule has 0 unspecified atom stereocenters. The Labute approximate surface area is 103 Å². The lowest BCUT2D eigenvalue weighted by molar-refractivity contribution is 0.0996. The molecule has 86 valence electrons. The average molecular weight is 260 g/mol. The molecule has 16 heavy (non-hydrogen) atoms. The van der Waals surface area contributed by atoms with Crippen LogP contribution in [-0.2, 0) is 0 Å². The Morgan fingerprint density at radius 1 is 1.50 bits per heavy atom. The maximum atomic E-state index is 11.1. The molecule has 0 heterocycles. The number of carbonyl (C=O) groups is 1. The molecule has 1 aromatic carbocycles. The van der Waals surface area contributed by atoms with Crippen LogP contribution < -0.4 is 10.5 Å². The smallest absolute Gasteiger partial charge is 0.252 e. The van der Waals surface area contributed by atoms with Crippen LogP contribution in [0.2, 0.25) is 0 Å². The first kappa shape index (κ1) is 11.6. The minimum absolute atomic E-state index is 0.122. The van der Waals surface area contributed by atoms with E-state index in [1.165, 1.54) is 0 Å². The zero-order valence-corrected chi connectivity index (χ0v) is 9.96. The molecule has 0 aliphatic heterocycles. The monoisotopic (exact) mass is 259 g/mol. The fourth-order valence-electron chi connectivity index (χ4n) is 1.44. The summed E-state index contributed by atoms with van der Waals surface area (Å²) in [7, 11) is 0. The van der Waals surface area contributed by atoms with Crippen molar-refractivity contribution in [1.29, 1.82) is 0 Å². The number of carbonyl (C=O) groups excluding carboxylic acids is 1. The van der Waals surface area contributed by atoms with E-state index in [1.54, 1.807) is 24.3 Å². The fraction of sp³-hybridized carbons (Fsp3) is 0.364. The first-order valence-electron chi connectivity index (χ1n) is 4.90. The first-order chi connectivity index (χ1) is 7.50. The third kappa shape index (κ3) is 2.42. The van der Waals surface area contributed by atoms with Gasteiger partial charge < -0.3 is 10.5 Å². The Bertz CT molecular complexity index is 420. The second-order valence-electron chi connectivity index (χ2n) is 3.83. The van der Waals surface area contributed by atoms with Crippen molar-refractivity contribution in [1.82, 2.24) is 0 Å². The molecule has 2 N–H and O–H groups in total. The van der Waals surface area contributed by atoms with Gasteiger partial charge in [-0.1, -0.05) is 12.1 Å². The Kier molecular flexibility index (Phi) is 3.00. The number of ether oxygens (including phenoxy) is 1. The Balaban J connectivity index is 2.02. The van der Waals surface area contributed by atoms with Gasteiger partial charge in [0.2, 0.25) is 0 Å². The number of benzene rings is 1. The van der Waals surface area contributed by atoms with Crippen LogP contribution in [0.4, 0.5) is 0 Å². The second-order valence-corrected chi connectivity index (χ2v) is 5.38. The molecular formula is C11H11Cl2NO2. The van der Waals surface area contributed by atoms with E-state index in [9.17, 15) is 4.79 Å². The summed E-state index contributed by atoms with van der Waals surface area (Å²) in [5.74, 6) is 0.0946. The molecule has 0 spiro atoms. The number of amides is 1. The molecule has 1 saturated carbocycles. The summed E-state index contributed by atoms with van der Waals surface area (Å²) >= 11 is 11.7. The normalized spacial score (nSPS) is 21.5. The number of nitrogens with two attached hydrogens (primary N) is 1. The van der Waals surface area contributed by atoms with E-state index in [1.807, 2.05) is 0 Å². The Morgan fingerprint density at radius 2 is 2.12 bits per heavy atom. The summed E-state index contributed by atoms with van der Waals surface area (Å²) in [6, 6.07) is 6.84. The highest BCUT2D eigenvalue weighted by Crippen LogP contribution is 2.53. The van der Waals surface area contributed by atoms with Crippen LogP contribution in [0.15, 0.2) is 24.3 Å². The fourth-order valence-corrected chi connectivity index (χ4v) is 1.94. The van der Waals surface area contributed by atoms with Crippen molar-refractivity contribution in [3.63, 3.8) is 0 Å². The average Bonchev–Trinajstić information content (AvgIpc) is 2.84. The molecule has 0 radical (unpaired) electrons. The van der Waals surface area contributed by atoms with Crippen molar-refractivity contribution < 1.29 is 9.53 Å². The largest absolute Gasteiger partial charge is 0.492 e. The molecule has 2 rings (SSSR count). The predicted octanol–water partition coefficient (Wildman–Crippen LogP) is 2.36. The van der Waals surface area contributed by atoms with Crippen LogP contribution in [0.5, 0.6) is 5.75 Å². The van der Waals surface area contributed by atoms with E-state index in [0.29, 0.717) is 17.9 Å². The molecule has 0 saturated heterocycles. The van der Waals surface area contributed by atoms with E-state index < -0.39 is 10.2 Å². The molecular weight excluding hydrogens is 249 g/mol. The van der Waals surface area contributed by atoms with Gasteiger partial charge >= 0.3 is 0 Å². The van der Waals surface area contributed by atoms with Gasteiger partial charge in [0.05, 0.1) is 12.2 Å². The van der Waals surface area contributed by atoms with Crippen LogP contribution in [0.1, 0.15) is 16.8 Å². The van der Waals surface area contributed by atoms with Crippen LogP contribution in [0.25, 0.3) is 0 Å². The third-order valence-electron chi connectivity index (χ3n) is 2.55.